The average Bonchev–Trinajstić information content (AvgIpc) is 2.74. The number of hydrogen-bond donors (Lipinski definition) is 1. The minimum atomic E-state index is -3.76. The highest BCUT2D eigenvalue weighted by Gasteiger charge is 2.25. The summed E-state index contributed by atoms with van der Waals surface area (Å²) in [6.45, 7) is 3.44. The lowest BCUT2D eigenvalue weighted by Gasteiger charge is -2.31. The van der Waals surface area contributed by atoms with Gasteiger partial charge in [-0.1, -0.05) is 30.3 Å². The van der Waals surface area contributed by atoms with Crippen molar-refractivity contribution in [1.82, 2.24) is 9.62 Å². The second-order valence-electron chi connectivity index (χ2n) is 6.51. The van der Waals surface area contributed by atoms with E-state index in [1.165, 1.54) is 26.4 Å². The zero-order chi connectivity index (χ0) is 20.0. The summed E-state index contributed by atoms with van der Waals surface area (Å²) < 4.78 is 44.8. The van der Waals surface area contributed by atoms with Crippen molar-refractivity contribution in [1.29, 1.82) is 0 Å². The molecule has 0 radical (unpaired) electrons. The number of nitrogens with one attached hydrogen (secondary N) is 1. The molecule has 0 aromatic heterocycles. The van der Waals surface area contributed by atoms with E-state index in [0.717, 1.165) is 18.7 Å². The Hall–Kier alpha value is -2.13. The van der Waals surface area contributed by atoms with Crippen LogP contribution >= 0.6 is 0 Å². The molecule has 0 unspecified atom stereocenters. The molecule has 1 atom stereocenters. The molecule has 1 fully saturated rings. The van der Waals surface area contributed by atoms with Crippen LogP contribution in [0.3, 0.4) is 0 Å². The van der Waals surface area contributed by atoms with Crippen LogP contribution in [0, 0.1) is 0 Å². The van der Waals surface area contributed by atoms with Crippen LogP contribution < -0.4 is 14.2 Å². The highest BCUT2D eigenvalue weighted by molar-refractivity contribution is 7.89. The molecular formula is C20H26N2O5S. The van der Waals surface area contributed by atoms with Crippen molar-refractivity contribution >= 4 is 10.0 Å². The fraction of sp³-hybridized carbons (Fsp3) is 0.400. The van der Waals surface area contributed by atoms with Gasteiger partial charge in [0.05, 0.1) is 38.4 Å². The Balaban J connectivity index is 1.86. The maximum atomic E-state index is 13.1. The summed E-state index contributed by atoms with van der Waals surface area (Å²) in [5.74, 6) is 0.851. The van der Waals surface area contributed by atoms with E-state index in [2.05, 4.69) is 9.62 Å². The number of methoxy groups -OCH3 is 2. The molecule has 28 heavy (non-hydrogen) atoms. The first-order chi connectivity index (χ1) is 13.5. The third-order valence-corrected chi connectivity index (χ3v) is 6.18. The van der Waals surface area contributed by atoms with Crippen molar-refractivity contribution in [3.05, 3.63) is 54.1 Å². The fourth-order valence-corrected chi connectivity index (χ4v) is 4.41. The third kappa shape index (κ3) is 5.02. The van der Waals surface area contributed by atoms with Crippen LogP contribution in [-0.4, -0.2) is 60.4 Å². The zero-order valence-corrected chi connectivity index (χ0v) is 16.9. The molecule has 8 heteroatoms. The van der Waals surface area contributed by atoms with Crippen molar-refractivity contribution in [2.45, 2.75) is 10.9 Å². The van der Waals surface area contributed by atoms with Crippen LogP contribution in [0.25, 0.3) is 0 Å². The van der Waals surface area contributed by atoms with Gasteiger partial charge in [0.2, 0.25) is 10.0 Å². The molecule has 1 aliphatic rings. The second kappa shape index (κ2) is 9.38. The fourth-order valence-electron chi connectivity index (χ4n) is 3.18. The van der Waals surface area contributed by atoms with Gasteiger partial charge in [-0.25, -0.2) is 13.1 Å². The summed E-state index contributed by atoms with van der Waals surface area (Å²) in [7, 11) is -0.768. The number of ether oxygens (including phenoxy) is 3. The maximum Gasteiger partial charge on any atom is 0.241 e. The van der Waals surface area contributed by atoms with E-state index >= 15 is 0 Å². The Bertz CT molecular complexity index is 867. The van der Waals surface area contributed by atoms with E-state index in [1.54, 1.807) is 6.07 Å². The quantitative estimate of drug-likeness (QED) is 0.723. The lowest BCUT2D eigenvalue weighted by atomic mass is 10.1. The minimum absolute atomic E-state index is 0.132. The highest BCUT2D eigenvalue weighted by atomic mass is 32.2. The van der Waals surface area contributed by atoms with Gasteiger partial charge in [-0.3, -0.25) is 4.90 Å². The molecule has 0 aliphatic carbocycles. The predicted octanol–water partition coefficient (Wildman–Crippen LogP) is 2.06. The van der Waals surface area contributed by atoms with Gasteiger partial charge >= 0.3 is 0 Å². The Kier molecular flexibility index (Phi) is 6.90. The summed E-state index contributed by atoms with van der Waals surface area (Å²) in [4.78, 5) is 2.34. The number of benzene rings is 2. The molecule has 2 aromatic rings. The van der Waals surface area contributed by atoms with Crippen molar-refractivity contribution in [2.24, 2.45) is 0 Å². The van der Waals surface area contributed by atoms with Crippen LogP contribution in [0.5, 0.6) is 11.5 Å². The van der Waals surface area contributed by atoms with Gasteiger partial charge in [0, 0.05) is 25.7 Å². The highest BCUT2D eigenvalue weighted by Crippen LogP contribution is 2.30. The van der Waals surface area contributed by atoms with E-state index in [9.17, 15) is 8.42 Å². The van der Waals surface area contributed by atoms with Crippen LogP contribution in [0.4, 0.5) is 0 Å². The first kappa shape index (κ1) is 20.6. The minimum Gasteiger partial charge on any atom is -0.493 e. The summed E-state index contributed by atoms with van der Waals surface area (Å²) in [6.07, 6.45) is 0. The smallest absolute Gasteiger partial charge is 0.241 e. The van der Waals surface area contributed by atoms with E-state index in [4.69, 9.17) is 14.2 Å². The number of sulfonamides is 1. The standard InChI is InChI=1S/C20H26N2O5S/c1-25-19-9-8-17(14-20(19)26-2)28(23,24)21-18(16-6-4-3-5-7-16)15-22-10-12-27-13-11-22/h3-9,14,18,21H,10-13,15H2,1-2H3/t18-/m0/s1. The summed E-state index contributed by atoms with van der Waals surface area (Å²) >= 11 is 0. The molecule has 1 saturated heterocycles. The Morgan fingerprint density at radius 3 is 2.36 bits per heavy atom. The van der Waals surface area contributed by atoms with Crippen LogP contribution in [-0.2, 0) is 14.8 Å². The molecule has 152 valence electrons. The topological polar surface area (TPSA) is 77.1 Å². The van der Waals surface area contributed by atoms with E-state index in [0.29, 0.717) is 31.3 Å². The summed E-state index contributed by atoms with van der Waals surface area (Å²) in [5.41, 5.74) is 0.915. The molecule has 1 aliphatic heterocycles. The van der Waals surface area contributed by atoms with Gasteiger partial charge in [-0.2, -0.15) is 0 Å². The average molecular weight is 407 g/mol. The molecular weight excluding hydrogens is 380 g/mol. The van der Waals surface area contributed by atoms with E-state index in [1.807, 2.05) is 30.3 Å². The summed E-state index contributed by atoms with van der Waals surface area (Å²) in [5, 5.41) is 0. The second-order valence-corrected chi connectivity index (χ2v) is 8.23. The largest absolute Gasteiger partial charge is 0.493 e. The normalized spacial score (nSPS) is 16.5. The molecule has 7 nitrogen and oxygen atoms in total. The van der Waals surface area contributed by atoms with E-state index < -0.39 is 10.0 Å². The molecule has 0 bridgehead atoms. The Morgan fingerprint density at radius 2 is 1.71 bits per heavy atom. The van der Waals surface area contributed by atoms with Crippen LogP contribution in [0.15, 0.2) is 53.4 Å². The molecule has 2 aromatic carbocycles. The number of nitrogens with zero attached hydrogens (tertiary/aromatic N) is 1. The maximum absolute atomic E-state index is 13.1. The molecule has 0 spiro atoms. The van der Waals surface area contributed by atoms with Crippen molar-refractivity contribution in [2.75, 3.05) is 47.1 Å². The lowest BCUT2D eigenvalue weighted by Crippen LogP contribution is -2.43. The van der Waals surface area contributed by atoms with Gasteiger partial charge in [-0.05, 0) is 17.7 Å². The first-order valence-electron chi connectivity index (χ1n) is 9.13. The van der Waals surface area contributed by atoms with Gasteiger partial charge in [-0.15, -0.1) is 0 Å². The molecule has 1 heterocycles. The summed E-state index contributed by atoms with van der Waals surface area (Å²) in [6, 6.07) is 13.8. The monoisotopic (exact) mass is 406 g/mol. The molecule has 0 amide bonds. The first-order valence-corrected chi connectivity index (χ1v) is 10.6. The predicted molar refractivity (Wildman–Crippen MR) is 106 cm³/mol. The van der Waals surface area contributed by atoms with Crippen molar-refractivity contribution in [3.63, 3.8) is 0 Å². The molecule has 0 saturated carbocycles. The SMILES string of the molecule is COc1ccc(S(=O)(=O)N[C@@H](CN2CCOCC2)c2ccccc2)cc1OC. The van der Waals surface area contributed by atoms with Crippen LogP contribution in [0.1, 0.15) is 11.6 Å². The van der Waals surface area contributed by atoms with E-state index in [-0.39, 0.29) is 10.9 Å². The van der Waals surface area contributed by atoms with Crippen molar-refractivity contribution < 1.29 is 22.6 Å². The van der Waals surface area contributed by atoms with Gasteiger partial charge in [0.1, 0.15) is 0 Å². The number of hydrogen-bond acceptors (Lipinski definition) is 6. The zero-order valence-electron chi connectivity index (χ0n) is 16.1. The Labute approximate surface area is 166 Å². The molecule has 1 N–H and O–H groups in total. The number of rotatable bonds is 8. The van der Waals surface area contributed by atoms with Crippen LogP contribution in [0.2, 0.25) is 0 Å². The van der Waals surface area contributed by atoms with Gasteiger partial charge in [0.25, 0.3) is 0 Å². The number of morpholine rings is 1. The molecule has 3 rings (SSSR count). The lowest BCUT2D eigenvalue weighted by molar-refractivity contribution is 0.0345. The van der Waals surface area contributed by atoms with Gasteiger partial charge in [0.15, 0.2) is 11.5 Å². The Morgan fingerprint density at radius 1 is 1.04 bits per heavy atom. The van der Waals surface area contributed by atoms with Crippen molar-refractivity contribution in [3.8, 4) is 11.5 Å². The van der Waals surface area contributed by atoms with Gasteiger partial charge < -0.3 is 14.2 Å². The third-order valence-electron chi connectivity index (χ3n) is 4.71.